The zero-order valence-electron chi connectivity index (χ0n) is 14.0. The minimum atomic E-state index is -5.22. The smallest absolute Gasteiger partial charge is 0.418 e. The van der Waals surface area contributed by atoms with Crippen molar-refractivity contribution in [3.8, 4) is 0 Å². The first kappa shape index (κ1) is 20.4. The number of carbonyl (C=O) groups is 2. The summed E-state index contributed by atoms with van der Waals surface area (Å²) >= 11 is 0. The van der Waals surface area contributed by atoms with Crippen LogP contribution in [0.4, 0.5) is 13.6 Å². The number of furan rings is 1. The second kappa shape index (κ2) is 7.25. The Labute approximate surface area is 157 Å². The molecule has 3 amide bonds. The first-order valence-electron chi connectivity index (χ1n) is 7.85. The van der Waals surface area contributed by atoms with E-state index in [0.717, 1.165) is 0 Å². The van der Waals surface area contributed by atoms with Crippen LogP contribution in [0.3, 0.4) is 0 Å². The van der Waals surface area contributed by atoms with Crippen LogP contribution in [-0.4, -0.2) is 66.0 Å². The molecule has 3 atom stereocenters. The van der Waals surface area contributed by atoms with E-state index in [1.165, 1.54) is 6.26 Å². The SMILES string of the molecule is NC(CONC(=O)[C@@H]1CC(F)(F)[C@@H]2CN1C(=O)N2OS(=O)(=O)O)c1ccco1. The summed E-state index contributed by atoms with van der Waals surface area (Å²) in [6.45, 7) is -0.928. The van der Waals surface area contributed by atoms with Crippen LogP contribution in [0.5, 0.6) is 0 Å². The highest BCUT2D eigenvalue weighted by Crippen LogP contribution is 2.41. The number of carbonyl (C=O) groups excluding carboxylic acids is 2. The molecule has 0 saturated carbocycles. The van der Waals surface area contributed by atoms with Gasteiger partial charge in [0.25, 0.3) is 11.8 Å². The summed E-state index contributed by atoms with van der Waals surface area (Å²) in [6.07, 6.45) is 0.280. The summed E-state index contributed by atoms with van der Waals surface area (Å²) in [7, 11) is -5.22. The van der Waals surface area contributed by atoms with Crippen LogP contribution in [0, 0.1) is 0 Å². The minimum absolute atomic E-state index is 0.156. The summed E-state index contributed by atoms with van der Waals surface area (Å²) in [5, 5.41) is -0.156. The number of amides is 3. The van der Waals surface area contributed by atoms with E-state index in [0.29, 0.717) is 10.7 Å². The van der Waals surface area contributed by atoms with Crippen molar-refractivity contribution in [3.63, 3.8) is 0 Å². The number of nitrogens with zero attached hydrogens (tertiary/aromatic N) is 2. The van der Waals surface area contributed by atoms with Gasteiger partial charge in [-0.15, -0.1) is 4.28 Å². The van der Waals surface area contributed by atoms with Crippen molar-refractivity contribution in [1.82, 2.24) is 15.4 Å². The lowest BCUT2D eigenvalue weighted by atomic mass is 9.96. The van der Waals surface area contributed by atoms with Gasteiger partial charge >= 0.3 is 16.4 Å². The van der Waals surface area contributed by atoms with Gasteiger partial charge in [0.05, 0.1) is 25.5 Å². The van der Waals surface area contributed by atoms with Gasteiger partial charge < -0.3 is 15.1 Å². The molecule has 2 aliphatic rings. The molecule has 0 aliphatic carbocycles. The van der Waals surface area contributed by atoms with Crippen molar-refractivity contribution in [2.75, 3.05) is 13.2 Å². The summed E-state index contributed by atoms with van der Waals surface area (Å²) in [6, 6.07) is -2.53. The Kier molecular flexibility index (Phi) is 5.28. The maximum absolute atomic E-state index is 14.3. The number of piperidine rings is 1. The number of hydroxylamine groups is 3. The van der Waals surface area contributed by atoms with Gasteiger partial charge in [0.1, 0.15) is 17.8 Å². The van der Waals surface area contributed by atoms with Crippen molar-refractivity contribution < 1.29 is 44.9 Å². The monoisotopic (exact) mass is 426 g/mol. The number of nitrogens with one attached hydrogen (secondary N) is 1. The average molecular weight is 426 g/mol. The lowest BCUT2D eigenvalue weighted by Crippen LogP contribution is -2.56. The fourth-order valence-corrected chi connectivity index (χ4v) is 3.31. The van der Waals surface area contributed by atoms with Gasteiger partial charge in [0.15, 0.2) is 0 Å². The fraction of sp³-hybridized carbons (Fsp3) is 0.538. The second-order valence-electron chi connectivity index (χ2n) is 6.16. The molecule has 4 N–H and O–H groups in total. The molecular formula is C13H16F2N4O8S. The van der Waals surface area contributed by atoms with E-state index < -0.39 is 59.4 Å². The van der Waals surface area contributed by atoms with Crippen LogP contribution >= 0.6 is 0 Å². The Morgan fingerprint density at radius 1 is 1.54 bits per heavy atom. The largest absolute Gasteiger partial charge is 0.468 e. The zero-order chi connectivity index (χ0) is 20.7. The summed E-state index contributed by atoms with van der Waals surface area (Å²) < 4.78 is 67.9. The Morgan fingerprint density at radius 2 is 2.25 bits per heavy atom. The molecular weight excluding hydrogens is 410 g/mol. The molecule has 156 valence electrons. The molecule has 28 heavy (non-hydrogen) atoms. The van der Waals surface area contributed by atoms with E-state index in [4.69, 9.17) is 19.5 Å². The molecule has 15 heteroatoms. The highest BCUT2D eigenvalue weighted by molar-refractivity contribution is 7.80. The first-order valence-corrected chi connectivity index (χ1v) is 9.21. The second-order valence-corrected chi connectivity index (χ2v) is 7.16. The van der Waals surface area contributed by atoms with Gasteiger partial charge in [0, 0.05) is 6.42 Å². The zero-order valence-corrected chi connectivity index (χ0v) is 14.8. The first-order chi connectivity index (χ1) is 13.0. The third kappa shape index (κ3) is 4.07. The van der Waals surface area contributed by atoms with Crippen molar-refractivity contribution >= 4 is 22.3 Å². The molecule has 2 aliphatic heterocycles. The van der Waals surface area contributed by atoms with Gasteiger partial charge in [-0.3, -0.25) is 14.2 Å². The van der Waals surface area contributed by atoms with Crippen molar-refractivity contribution in [2.24, 2.45) is 5.73 Å². The van der Waals surface area contributed by atoms with Gasteiger partial charge in [-0.25, -0.2) is 19.1 Å². The Hall–Kier alpha value is -2.33. The fourth-order valence-electron chi connectivity index (χ4n) is 2.94. The number of hydrogen-bond donors (Lipinski definition) is 3. The van der Waals surface area contributed by atoms with Gasteiger partial charge in [-0.05, 0) is 12.1 Å². The maximum atomic E-state index is 14.3. The van der Waals surface area contributed by atoms with Crippen LogP contribution in [0.15, 0.2) is 22.8 Å². The van der Waals surface area contributed by atoms with E-state index in [1.54, 1.807) is 12.1 Å². The standard InChI is InChI=1S/C13H16F2N4O8S/c14-13(15)4-8(11(20)17-26-6-7(16)9-2-1-3-25-9)18-5-10(13)19(12(18)21)27-28(22,23)24/h1-3,7-8,10H,4-6,16H2,(H,17,20)(H,22,23,24)/t7?,8-,10-/m0/s1. The summed E-state index contributed by atoms with van der Waals surface area (Å²) in [5.41, 5.74) is 7.68. The molecule has 2 saturated heterocycles. The van der Waals surface area contributed by atoms with E-state index in [9.17, 15) is 26.8 Å². The molecule has 0 aromatic carbocycles. The summed E-state index contributed by atoms with van der Waals surface area (Å²) in [4.78, 5) is 30.0. The third-order valence-corrected chi connectivity index (χ3v) is 4.59. The van der Waals surface area contributed by atoms with E-state index in [2.05, 4.69) is 4.28 Å². The quantitative estimate of drug-likeness (QED) is 0.388. The summed E-state index contributed by atoms with van der Waals surface area (Å²) in [5.74, 6) is -4.36. The van der Waals surface area contributed by atoms with Gasteiger partial charge in [-0.1, -0.05) is 0 Å². The Balaban J connectivity index is 1.64. The number of halogens is 2. The van der Waals surface area contributed by atoms with E-state index in [1.807, 2.05) is 5.48 Å². The number of hydrogen-bond acceptors (Lipinski definition) is 8. The molecule has 2 bridgehead atoms. The van der Waals surface area contributed by atoms with Crippen molar-refractivity contribution in [3.05, 3.63) is 24.2 Å². The van der Waals surface area contributed by atoms with Crippen molar-refractivity contribution in [2.45, 2.75) is 30.5 Å². The van der Waals surface area contributed by atoms with Crippen LogP contribution in [0.1, 0.15) is 18.2 Å². The predicted octanol–water partition coefficient (Wildman–Crippen LogP) is -0.425. The van der Waals surface area contributed by atoms with Crippen LogP contribution in [-0.2, 0) is 24.3 Å². The highest BCUT2D eigenvalue weighted by Gasteiger charge is 2.62. The lowest BCUT2D eigenvalue weighted by molar-refractivity contribution is -0.159. The molecule has 0 radical (unpaired) electrons. The molecule has 1 unspecified atom stereocenters. The van der Waals surface area contributed by atoms with Crippen LogP contribution < -0.4 is 11.2 Å². The number of rotatable bonds is 7. The maximum Gasteiger partial charge on any atom is 0.418 e. The van der Waals surface area contributed by atoms with E-state index >= 15 is 0 Å². The third-order valence-electron chi connectivity index (χ3n) is 4.24. The van der Waals surface area contributed by atoms with Crippen LogP contribution in [0.25, 0.3) is 0 Å². The molecule has 3 rings (SSSR count). The van der Waals surface area contributed by atoms with E-state index in [-0.39, 0.29) is 11.7 Å². The predicted molar refractivity (Wildman–Crippen MR) is 83.4 cm³/mol. The van der Waals surface area contributed by atoms with Gasteiger partial charge in [-0.2, -0.15) is 13.5 Å². The average Bonchev–Trinajstić information content (AvgIpc) is 3.20. The normalized spacial score (nSPS) is 25.1. The van der Waals surface area contributed by atoms with Gasteiger partial charge in [0.2, 0.25) is 0 Å². The molecule has 2 fully saturated rings. The molecule has 1 aromatic rings. The molecule has 12 nitrogen and oxygen atoms in total. The Morgan fingerprint density at radius 3 is 2.86 bits per heavy atom. The molecule has 1 aromatic heterocycles. The number of fused-ring (bicyclic) bond motifs is 2. The Bertz CT molecular complexity index is 849. The number of nitrogens with two attached hydrogens (primary N) is 1. The highest BCUT2D eigenvalue weighted by atomic mass is 32.3. The molecule has 3 heterocycles. The van der Waals surface area contributed by atoms with Crippen LogP contribution in [0.2, 0.25) is 0 Å². The number of urea groups is 1. The minimum Gasteiger partial charge on any atom is -0.468 e. The number of alkyl halides is 2. The van der Waals surface area contributed by atoms with Crippen molar-refractivity contribution in [1.29, 1.82) is 0 Å². The lowest BCUT2D eigenvalue weighted by Gasteiger charge is -2.34. The molecule has 0 spiro atoms. The topological polar surface area (TPSA) is 165 Å².